The van der Waals surface area contributed by atoms with E-state index in [1.165, 1.54) is 0 Å². The fraction of sp³-hybridized carbons (Fsp3) is 0.625. The molecule has 0 saturated heterocycles. The Morgan fingerprint density at radius 1 is 1.19 bits per heavy atom. The molecule has 0 aliphatic rings. The molecule has 94 valence electrons. The number of allylic oxidation sites excluding steroid dienone is 1. The second-order valence-corrected chi connectivity index (χ2v) is 3.16. The van der Waals surface area contributed by atoms with Gasteiger partial charge in [0.05, 0.1) is 0 Å². The molecule has 2 nitrogen and oxygen atoms in total. The van der Waals surface area contributed by atoms with Gasteiger partial charge >= 0.3 is 12.4 Å². The van der Waals surface area contributed by atoms with Crippen molar-refractivity contribution in [3.05, 3.63) is 12.2 Å². The third-order valence-electron chi connectivity index (χ3n) is 1.35. The van der Waals surface area contributed by atoms with E-state index < -0.39 is 30.2 Å². The van der Waals surface area contributed by atoms with Crippen LogP contribution in [-0.4, -0.2) is 36.7 Å². The first-order valence-corrected chi connectivity index (χ1v) is 4.03. The summed E-state index contributed by atoms with van der Waals surface area (Å²) in [6, 6.07) is 0. The van der Waals surface area contributed by atoms with Gasteiger partial charge in [0.1, 0.15) is 6.54 Å². The van der Waals surface area contributed by atoms with E-state index in [-0.39, 0.29) is 5.01 Å². The van der Waals surface area contributed by atoms with E-state index >= 15 is 0 Å². The van der Waals surface area contributed by atoms with E-state index in [2.05, 4.69) is 11.7 Å². The summed E-state index contributed by atoms with van der Waals surface area (Å²) in [6.07, 6.45) is -9.42. The van der Waals surface area contributed by atoms with Crippen molar-refractivity contribution in [2.24, 2.45) is 5.10 Å². The highest BCUT2D eigenvalue weighted by atomic mass is 19.4. The van der Waals surface area contributed by atoms with Gasteiger partial charge in [-0.3, -0.25) is 5.01 Å². The lowest BCUT2D eigenvalue weighted by molar-refractivity contribution is -0.143. The first kappa shape index (κ1) is 14.8. The molecule has 0 aromatic carbocycles. The summed E-state index contributed by atoms with van der Waals surface area (Å²) in [4.78, 5) is 0. The average molecular weight is 248 g/mol. The van der Waals surface area contributed by atoms with Gasteiger partial charge in [-0.25, -0.2) is 0 Å². The summed E-state index contributed by atoms with van der Waals surface area (Å²) >= 11 is 0. The zero-order chi connectivity index (χ0) is 13.1. The molecular weight excluding hydrogens is 238 g/mol. The number of hydrogen-bond acceptors (Lipinski definition) is 2. The summed E-state index contributed by atoms with van der Waals surface area (Å²) in [7, 11) is 0.808. The van der Waals surface area contributed by atoms with E-state index in [1.807, 2.05) is 0 Å². The predicted molar refractivity (Wildman–Crippen MR) is 47.0 cm³/mol. The largest absolute Gasteiger partial charge is 0.435 e. The second kappa shape index (κ2) is 4.75. The monoisotopic (exact) mass is 248 g/mol. The van der Waals surface area contributed by atoms with Crippen LogP contribution in [-0.2, 0) is 0 Å². The molecule has 0 radical (unpaired) electrons. The third kappa shape index (κ3) is 5.62. The van der Waals surface area contributed by atoms with Crippen LogP contribution in [0.2, 0.25) is 0 Å². The minimum Gasteiger partial charge on any atom is -0.290 e. The van der Waals surface area contributed by atoms with Crippen LogP contribution in [0.5, 0.6) is 0 Å². The molecule has 0 spiro atoms. The second-order valence-electron chi connectivity index (χ2n) is 3.16. The van der Waals surface area contributed by atoms with E-state index in [4.69, 9.17) is 0 Å². The molecule has 0 heterocycles. The summed E-state index contributed by atoms with van der Waals surface area (Å²) in [5, 5.41) is 3.02. The predicted octanol–water partition coefficient (Wildman–Crippen LogP) is 2.97. The first-order valence-electron chi connectivity index (χ1n) is 4.03. The van der Waals surface area contributed by atoms with Crippen molar-refractivity contribution >= 4 is 5.71 Å². The Morgan fingerprint density at radius 3 is 1.88 bits per heavy atom. The van der Waals surface area contributed by atoms with E-state index in [1.54, 1.807) is 0 Å². The summed E-state index contributed by atoms with van der Waals surface area (Å²) in [5.41, 5.74) is -1.86. The Kier molecular flexibility index (Phi) is 4.39. The molecule has 16 heavy (non-hydrogen) atoms. The van der Waals surface area contributed by atoms with Crippen molar-refractivity contribution in [2.45, 2.75) is 19.3 Å². The molecule has 0 atom stereocenters. The molecule has 0 rings (SSSR count). The Labute approximate surface area is 88.2 Å². The van der Waals surface area contributed by atoms with Gasteiger partial charge in [0.15, 0.2) is 5.71 Å². The first-order chi connectivity index (χ1) is 6.93. The molecule has 8 heteroatoms. The minimum atomic E-state index is -4.81. The molecule has 0 N–H and O–H groups in total. The van der Waals surface area contributed by atoms with Crippen LogP contribution >= 0.6 is 0 Å². The van der Waals surface area contributed by atoms with Crippen molar-refractivity contribution in [3.8, 4) is 0 Å². The van der Waals surface area contributed by atoms with Crippen LogP contribution in [0.25, 0.3) is 0 Å². The SMILES string of the molecule is C=C(C)/C(=N\N(C)CC(F)(F)F)C(F)(F)F. The van der Waals surface area contributed by atoms with Crippen LogP contribution in [0.15, 0.2) is 17.3 Å². The number of rotatable bonds is 3. The lowest BCUT2D eigenvalue weighted by Crippen LogP contribution is -2.32. The van der Waals surface area contributed by atoms with Crippen LogP contribution in [0.1, 0.15) is 6.92 Å². The third-order valence-corrected chi connectivity index (χ3v) is 1.35. The van der Waals surface area contributed by atoms with Crippen molar-refractivity contribution in [2.75, 3.05) is 13.6 Å². The standard InChI is InChI=1S/C8H10F6N2/c1-5(2)6(8(12,13)14)15-16(3)4-7(9,10)11/h1,4H2,2-3H3/b15-6+. The zero-order valence-corrected chi connectivity index (χ0v) is 8.58. The lowest BCUT2D eigenvalue weighted by atomic mass is 10.2. The van der Waals surface area contributed by atoms with Gasteiger partial charge in [0.2, 0.25) is 0 Å². The maximum absolute atomic E-state index is 12.3. The minimum absolute atomic E-state index is 0.178. The molecule has 0 aromatic heterocycles. The van der Waals surface area contributed by atoms with Gasteiger partial charge in [0.25, 0.3) is 0 Å². The van der Waals surface area contributed by atoms with E-state index in [0.29, 0.717) is 0 Å². The van der Waals surface area contributed by atoms with Crippen molar-refractivity contribution in [1.82, 2.24) is 5.01 Å². The van der Waals surface area contributed by atoms with Gasteiger partial charge in [-0.2, -0.15) is 31.4 Å². The summed E-state index contributed by atoms with van der Waals surface area (Å²) in [6.45, 7) is 2.48. The molecule has 0 amide bonds. The summed E-state index contributed by atoms with van der Waals surface area (Å²) < 4.78 is 72.3. The van der Waals surface area contributed by atoms with E-state index in [9.17, 15) is 26.3 Å². The van der Waals surface area contributed by atoms with Crippen molar-refractivity contribution < 1.29 is 26.3 Å². The van der Waals surface area contributed by atoms with Gasteiger partial charge < -0.3 is 0 Å². The number of nitrogens with zero attached hydrogens (tertiary/aromatic N) is 2. The smallest absolute Gasteiger partial charge is 0.290 e. The van der Waals surface area contributed by atoms with Gasteiger partial charge in [-0.05, 0) is 12.5 Å². The van der Waals surface area contributed by atoms with Gasteiger partial charge in [-0.1, -0.05) is 6.58 Å². The van der Waals surface area contributed by atoms with Crippen molar-refractivity contribution in [1.29, 1.82) is 0 Å². The average Bonchev–Trinajstić information content (AvgIpc) is 1.93. The molecule has 0 saturated carbocycles. The maximum atomic E-state index is 12.3. The van der Waals surface area contributed by atoms with Crippen LogP contribution in [0.3, 0.4) is 0 Å². The quantitative estimate of drug-likeness (QED) is 0.426. The Balaban J connectivity index is 4.89. The summed E-state index contributed by atoms with van der Waals surface area (Å²) in [5.74, 6) is 0. The molecule has 0 fully saturated rings. The van der Waals surface area contributed by atoms with Crippen LogP contribution in [0.4, 0.5) is 26.3 Å². The molecule has 0 unspecified atom stereocenters. The van der Waals surface area contributed by atoms with Gasteiger partial charge in [0, 0.05) is 7.05 Å². The molecule has 0 aliphatic heterocycles. The fourth-order valence-electron chi connectivity index (χ4n) is 0.850. The number of hydrogen-bond donors (Lipinski definition) is 0. The molecule has 0 aromatic rings. The molecular formula is C8H10F6N2. The highest BCUT2D eigenvalue weighted by Crippen LogP contribution is 2.23. The van der Waals surface area contributed by atoms with E-state index in [0.717, 1.165) is 14.0 Å². The van der Waals surface area contributed by atoms with Crippen molar-refractivity contribution in [3.63, 3.8) is 0 Å². The topological polar surface area (TPSA) is 15.6 Å². The number of alkyl halides is 6. The molecule has 0 aliphatic carbocycles. The Bertz CT molecular complexity index is 288. The Hall–Kier alpha value is -1.21. The highest BCUT2D eigenvalue weighted by Gasteiger charge is 2.37. The Morgan fingerprint density at radius 2 is 1.62 bits per heavy atom. The van der Waals surface area contributed by atoms with Crippen LogP contribution in [0, 0.1) is 0 Å². The number of hydrazone groups is 1. The lowest BCUT2D eigenvalue weighted by Gasteiger charge is -2.18. The zero-order valence-electron chi connectivity index (χ0n) is 8.58. The van der Waals surface area contributed by atoms with Crippen LogP contribution < -0.4 is 0 Å². The number of halogens is 6. The molecule has 0 bridgehead atoms. The van der Waals surface area contributed by atoms with Gasteiger partial charge in [-0.15, -0.1) is 0 Å². The normalized spacial score (nSPS) is 13.9. The maximum Gasteiger partial charge on any atom is 0.435 e. The fourth-order valence-corrected chi connectivity index (χ4v) is 0.850. The highest BCUT2D eigenvalue weighted by molar-refractivity contribution is 6.03.